The number of nitrogens with zero attached hydrogens (tertiary/aromatic N) is 2. The molecule has 0 fully saturated rings. The maximum absolute atomic E-state index is 10.7. The zero-order valence-corrected chi connectivity index (χ0v) is 18.9. The number of aliphatic imine (C=N–C) groups is 1. The van der Waals surface area contributed by atoms with Gasteiger partial charge in [0.25, 0.3) is 5.69 Å². The first-order valence-corrected chi connectivity index (χ1v) is 8.71. The summed E-state index contributed by atoms with van der Waals surface area (Å²) in [7, 11) is 4.93. The number of guanidine groups is 1. The van der Waals surface area contributed by atoms with Crippen LogP contribution in [-0.2, 0) is 6.54 Å². The second-order valence-corrected chi connectivity index (χ2v) is 5.76. The van der Waals surface area contributed by atoms with Crippen LogP contribution in [0.25, 0.3) is 0 Å². The number of methoxy groups -OCH3 is 2. The Morgan fingerprint density at radius 3 is 2.38 bits per heavy atom. The number of benzene rings is 2. The van der Waals surface area contributed by atoms with Crippen molar-refractivity contribution in [2.24, 2.45) is 4.99 Å². The van der Waals surface area contributed by atoms with E-state index in [1.165, 1.54) is 12.1 Å². The molecule has 0 atom stereocenters. The van der Waals surface area contributed by atoms with Gasteiger partial charge in [0.1, 0.15) is 11.5 Å². The maximum Gasteiger partial charge on any atom is 0.269 e. The van der Waals surface area contributed by atoms with E-state index in [1.54, 1.807) is 33.4 Å². The van der Waals surface area contributed by atoms with Crippen molar-refractivity contribution in [3.05, 3.63) is 58.1 Å². The van der Waals surface area contributed by atoms with Crippen LogP contribution >= 0.6 is 24.0 Å². The van der Waals surface area contributed by atoms with Crippen molar-refractivity contribution in [2.45, 2.75) is 6.54 Å². The van der Waals surface area contributed by atoms with Gasteiger partial charge in [0.05, 0.1) is 19.1 Å². The Hall–Kier alpha value is -2.76. The molecular formula is C19H26IN5O4. The normalized spacial score (nSPS) is 10.5. The van der Waals surface area contributed by atoms with Crippen LogP contribution in [0.3, 0.4) is 0 Å². The van der Waals surface area contributed by atoms with Crippen LogP contribution in [-0.4, -0.2) is 45.2 Å². The molecule has 0 aromatic heterocycles. The van der Waals surface area contributed by atoms with Gasteiger partial charge in [-0.25, -0.2) is 0 Å². The molecule has 3 N–H and O–H groups in total. The summed E-state index contributed by atoms with van der Waals surface area (Å²) in [6, 6.07) is 12.0. The number of nitrogens with one attached hydrogen (secondary N) is 3. The topological polar surface area (TPSA) is 110 Å². The van der Waals surface area contributed by atoms with E-state index in [4.69, 9.17) is 9.47 Å². The molecule has 0 amide bonds. The summed E-state index contributed by atoms with van der Waals surface area (Å²) in [6.45, 7) is 1.80. The number of hydrogen-bond acceptors (Lipinski definition) is 6. The number of nitro benzene ring substituents is 1. The van der Waals surface area contributed by atoms with Crippen LogP contribution in [0.2, 0.25) is 0 Å². The summed E-state index contributed by atoms with van der Waals surface area (Å²) in [6.07, 6.45) is 0. The lowest BCUT2D eigenvalue weighted by molar-refractivity contribution is -0.384. The molecule has 0 saturated heterocycles. The number of rotatable bonds is 9. The molecule has 0 unspecified atom stereocenters. The second kappa shape index (κ2) is 12.6. The van der Waals surface area contributed by atoms with E-state index in [2.05, 4.69) is 20.9 Å². The molecule has 0 heterocycles. The molecular weight excluding hydrogens is 489 g/mol. The van der Waals surface area contributed by atoms with E-state index in [9.17, 15) is 10.1 Å². The second-order valence-electron chi connectivity index (χ2n) is 5.76. The first kappa shape index (κ1) is 24.3. The zero-order chi connectivity index (χ0) is 20.4. The van der Waals surface area contributed by atoms with Crippen LogP contribution < -0.4 is 25.4 Å². The summed E-state index contributed by atoms with van der Waals surface area (Å²) in [4.78, 5) is 14.4. The van der Waals surface area contributed by atoms with E-state index < -0.39 is 4.92 Å². The van der Waals surface area contributed by atoms with Crippen LogP contribution in [0.15, 0.2) is 47.5 Å². The highest BCUT2D eigenvalue weighted by Gasteiger charge is 2.06. The highest BCUT2D eigenvalue weighted by atomic mass is 127. The Bertz CT molecular complexity index is 815. The lowest BCUT2D eigenvalue weighted by atomic mass is 10.2. The lowest BCUT2D eigenvalue weighted by Crippen LogP contribution is -2.39. The largest absolute Gasteiger partial charge is 0.497 e. The third-order valence-electron chi connectivity index (χ3n) is 3.99. The molecule has 0 aliphatic rings. The fraction of sp³-hybridized carbons (Fsp3) is 0.316. The standard InChI is InChI=1S/C19H25N5O4.HI/c1-20-19(23-13-14-4-9-17(27-2)12-18(14)28-3)22-11-10-21-15-5-7-16(8-6-15)24(25)26;/h4-9,12,21H,10-11,13H2,1-3H3,(H2,20,22,23);1H. The predicted molar refractivity (Wildman–Crippen MR) is 125 cm³/mol. The van der Waals surface area contributed by atoms with Gasteiger partial charge in [-0.2, -0.15) is 0 Å². The first-order chi connectivity index (χ1) is 13.6. The summed E-state index contributed by atoms with van der Waals surface area (Å²) in [5.74, 6) is 2.13. The molecule has 0 bridgehead atoms. The van der Waals surface area contributed by atoms with Crippen LogP contribution in [0, 0.1) is 10.1 Å². The molecule has 2 rings (SSSR count). The fourth-order valence-electron chi connectivity index (χ4n) is 2.49. The summed E-state index contributed by atoms with van der Waals surface area (Å²) < 4.78 is 10.6. The molecule has 2 aromatic carbocycles. The first-order valence-electron chi connectivity index (χ1n) is 8.71. The monoisotopic (exact) mass is 515 g/mol. The maximum atomic E-state index is 10.7. The molecule has 9 nitrogen and oxygen atoms in total. The average molecular weight is 515 g/mol. The fourth-order valence-corrected chi connectivity index (χ4v) is 2.49. The van der Waals surface area contributed by atoms with Gasteiger partial charge in [-0.1, -0.05) is 0 Å². The highest BCUT2D eigenvalue weighted by Crippen LogP contribution is 2.24. The molecule has 0 spiro atoms. The number of anilines is 1. The quantitative estimate of drug-likeness (QED) is 0.118. The van der Waals surface area contributed by atoms with E-state index in [-0.39, 0.29) is 29.7 Å². The Morgan fingerprint density at radius 1 is 1.07 bits per heavy atom. The van der Waals surface area contributed by atoms with Crippen molar-refractivity contribution in [1.29, 1.82) is 0 Å². The minimum Gasteiger partial charge on any atom is -0.497 e. The third kappa shape index (κ3) is 7.64. The smallest absolute Gasteiger partial charge is 0.269 e. The highest BCUT2D eigenvalue weighted by molar-refractivity contribution is 14.0. The van der Waals surface area contributed by atoms with Gasteiger partial charge in [0.2, 0.25) is 0 Å². The Morgan fingerprint density at radius 2 is 1.79 bits per heavy atom. The van der Waals surface area contributed by atoms with E-state index >= 15 is 0 Å². The molecule has 2 aromatic rings. The Balaban J connectivity index is 0.00000420. The van der Waals surface area contributed by atoms with E-state index in [0.29, 0.717) is 25.6 Å². The number of ether oxygens (including phenoxy) is 2. The van der Waals surface area contributed by atoms with Crippen molar-refractivity contribution >= 4 is 41.3 Å². The minimum absolute atomic E-state index is 0. The van der Waals surface area contributed by atoms with Gasteiger partial charge in [-0.15, -0.1) is 24.0 Å². The summed E-state index contributed by atoms with van der Waals surface area (Å²) in [5, 5.41) is 20.3. The van der Waals surface area contributed by atoms with Crippen molar-refractivity contribution in [1.82, 2.24) is 10.6 Å². The van der Waals surface area contributed by atoms with Gasteiger partial charge in [0.15, 0.2) is 5.96 Å². The SMILES string of the molecule is CN=C(NCCNc1ccc([N+](=O)[O-])cc1)NCc1ccc(OC)cc1OC.I. The average Bonchev–Trinajstić information content (AvgIpc) is 2.73. The van der Waals surface area contributed by atoms with Crippen LogP contribution in [0.4, 0.5) is 11.4 Å². The number of nitro groups is 1. The van der Waals surface area contributed by atoms with Crippen molar-refractivity contribution in [2.75, 3.05) is 39.7 Å². The van der Waals surface area contributed by atoms with Crippen LogP contribution in [0.1, 0.15) is 5.56 Å². The summed E-state index contributed by atoms with van der Waals surface area (Å²) in [5.41, 5.74) is 1.87. The molecule has 158 valence electrons. The van der Waals surface area contributed by atoms with E-state index in [1.807, 2.05) is 18.2 Å². The lowest BCUT2D eigenvalue weighted by Gasteiger charge is -2.15. The molecule has 10 heteroatoms. The Labute approximate surface area is 187 Å². The van der Waals surface area contributed by atoms with Gasteiger partial charge < -0.3 is 25.4 Å². The van der Waals surface area contributed by atoms with Crippen molar-refractivity contribution in [3.8, 4) is 11.5 Å². The van der Waals surface area contributed by atoms with Gasteiger partial charge in [-0.3, -0.25) is 15.1 Å². The number of halogens is 1. The number of hydrogen-bond donors (Lipinski definition) is 3. The molecule has 0 aliphatic carbocycles. The van der Waals surface area contributed by atoms with Crippen molar-refractivity contribution in [3.63, 3.8) is 0 Å². The van der Waals surface area contributed by atoms with Gasteiger partial charge >= 0.3 is 0 Å². The van der Waals surface area contributed by atoms with E-state index in [0.717, 1.165) is 22.7 Å². The third-order valence-corrected chi connectivity index (χ3v) is 3.99. The zero-order valence-electron chi connectivity index (χ0n) is 16.6. The minimum atomic E-state index is -0.418. The van der Waals surface area contributed by atoms with Gasteiger partial charge in [0, 0.05) is 56.1 Å². The van der Waals surface area contributed by atoms with Gasteiger partial charge in [-0.05, 0) is 24.3 Å². The van der Waals surface area contributed by atoms with Crippen molar-refractivity contribution < 1.29 is 14.4 Å². The summed E-state index contributed by atoms with van der Waals surface area (Å²) >= 11 is 0. The molecule has 0 radical (unpaired) electrons. The molecule has 29 heavy (non-hydrogen) atoms. The van der Waals surface area contributed by atoms with Crippen LogP contribution in [0.5, 0.6) is 11.5 Å². The molecule has 0 saturated carbocycles. The predicted octanol–water partition coefficient (Wildman–Crippen LogP) is 3.01. The number of non-ortho nitro benzene ring substituents is 1. The molecule has 0 aliphatic heterocycles. The Kier molecular flexibility index (Phi) is 10.6.